The first-order valence-corrected chi connectivity index (χ1v) is 5.59. The number of hydrogen-bond acceptors (Lipinski definition) is 2. The van der Waals surface area contributed by atoms with Crippen LogP contribution in [0.4, 0.5) is 0 Å². The number of nitrogens with one attached hydrogen (secondary N) is 1. The van der Waals surface area contributed by atoms with Crippen molar-refractivity contribution in [3.05, 3.63) is 27.7 Å². The Bertz CT molecular complexity index is 351. The van der Waals surface area contributed by atoms with Crippen LogP contribution < -0.4 is 10.1 Å². The Balaban J connectivity index is 2.49. The third-order valence-electron chi connectivity index (χ3n) is 2.69. The first-order chi connectivity index (χ1) is 6.72. The number of methoxy groups -OCH3 is 1. The molecule has 1 aliphatic rings. The van der Waals surface area contributed by atoms with Gasteiger partial charge in [-0.2, -0.15) is 0 Å². The fourth-order valence-corrected chi connectivity index (χ4v) is 2.42. The van der Waals surface area contributed by atoms with Crippen molar-refractivity contribution in [2.24, 2.45) is 0 Å². The maximum Gasteiger partial charge on any atom is 0.122 e. The van der Waals surface area contributed by atoms with Gasteiger partial charge in [-0.05, 0) is 31.0 Å². The fourth-order valence-electron chi connectivity index (χ4n) is 1.90. The van der Waals surface area contributed by atoms with Gasteiger partial charge in [-0.3, -0.25) is 0 Å². The van der Waals surface area contributed by atoms with E-state index in [2.05, 4.69) is 34.2 Å². The van der Waals surface area contributed by atoms with Crippen LogP contribution in [0.25, 0.3) is 0 Å². The van der Waals surface area contributed by atoms with Crippen LogP contribution in [0.1, 0.15) is 18.1 Å². The maximum absolute atomic E-state index is 5.37. The molecule has 2 nitrogen and oxygen atoms in total. The maximum atomic E-state index is 5.37. The number of benzene rings is 1. The van der Waals surface area contributed by atoms with Crippen LogP contribution in [-0.4, -0.2) is 13.2 Å². The van der Waals surface area contributed by atoms with Crippen molar-refractivity contribution in [2.75, 3.05) is 7.11 Å². The highest BCUT2D eigenvalue weighted by molar-refractivity contribution is 9.10. The van der Waals surface area contributed by atoms with Crippen LogP contribution in [0, 0.1) is 0 Å². The molecule has 76 valence electrons. The molecule has 1 aliphatic heterocycles. The van der Waals surface area contributed by atoms with Gasteiger partial charge in [0.25, 0.3) is 0 Å². The molecule has 1 atom stereocenters. The van der Waals surface area contributed by atoms with Crippen molar-refractivity contribution in [1.29, 1.82) is 0 Å². The van der Waals surface area contributed by atoms with E-state index in [1.807, 2.05) is 6.07 Å². The summed E-state index contributed by atoms with van der Waals surface area (Å²) in [4.78, 5) is 0. The summed E-state index contributed by atoms with van der Waals surface area (Å²) in [5.74, 6) is 1.01. The molecule has 0 aromatic heterocycles. The molecular weight excluding hydrogens is 242 g/mol. The Morgan fingerprint density at radius 3 is 2.93 bits per heavy atom. The highest BCUT2D eigenvalue weighted by atomic mass is 79.9. The third kappa shape index (κ3) is 1.66. The van der Waals surface area contributed by atoms with Crippen molar-refractivity contribution in [1.82, 2.24) is 5.32 Å². The Hall–Kier alpha value is -0.540. The molecule has 1 heterocycles. The quantitative estimate of drug-likeness (QED) is 0.833. The van der Waals surface area contributed by atoms with Gasteiger partial charge >= 0.3 is 0 Å². The summed E-state index contributed by atoms with van der Waals surface area (Å²) in [5.41, 5.74) is 2.68. The molecule has 1 N–H and O–H groups in total. The van der Waals surface area contributed by atoms with Gasteiger partial charge in [0.2, 0.25) is 0 Å². The Kier molecular flexibility index (Phi) is 2.79. The van der Waals surface area contributed by atoms with Crippen molar-refractivity contribution in [2.45, 2.75) is 25.9 Å². The topological polar surface area (TPSA) is 21.3 Å². The minimum atomic E-state index is 0.533. The summed E-state index contributed by atoms with van der Waals surface area (Å²) in [6.45, 7) is 3.12. The van der Waals surface area contributed by atoms with Crippen LogP contribution in [0.15, 0.2) is 16.6 Å². The van der Waals surface area contributed by atoms with E-state index >= 15 is 0 Å². The summed E-state index contributed by atoms with van der Waals surface area (Å²) in [6, 6.07) is 4.61. The average Bonchev–Trinajstić information content (AvgIpc) is 2.18. The predicted molar refractivity (Wildman–Crippen MR) is 60.7 cm³/mol. The van der Waals surface area contributed by atoms with Crippen molar-refractivity contribution >= 4 is 15.9 Å². The molecule has 0 spiro atoms. The molecule has 14 heavy (non-hydrogen) atoms. The van der Waals surface area contributed by atoms with E-state index in [9.17, 15) is 0 Å². The zero-order valence-electron chi connectivity index (χ0n) is 8.43. The first kappa shape index (κ1) is 9.99. The third-order valence-corrected chi connectivity index (χ3v) is 3.43. The normalized spacial score (nSPS) is 20.4. The number of fused-ring (bicyclic) bond motifs is 1. The van der Waals surface area contributed by atoms with Gasteiger partial charge in [-0.25, -0.2) is 0 Å². The van der Waals surface area contributed by atoms with Crippen LogP contribution in [0.2, 0.25) is 0 Å². The number of ether oxygens (including phenoxy) is 1. The highest BCUT2D eigenvalue weighted by Crippen LogP contribution is 2.32. The summed E-state index contributed by atoms with van der Waals surface area (Å²) in [7, 11) is 1.73. The van der Waals surface area contributed by atoms with E-state index in [1.54, 1.807) is 7.11 Å². The predicted octanol–water partition coefficient (Wildman–Crippen LogP) is 2.49. The lowest BCUT2D eigenvalue weighted by atomic mass is 9.96. The van der Waals surface area contributed by atoms with Crippen LogP contribution in [0.5, 0.6) is 5.75 Å². The molecule has 0 amide bonds. The van der Waals surface area contributed by atoms with Crippen LogP contribution in [-0.2, 0) is 13.0 Å². The van der Waals surface area contributed by atoms with Gasteiger partial charge < -0.3 is 10.1 Å². The van der Waals surface area contributed by atoms with E-state index in [1.165, 1.54) is 15.6 Å². The summed E-state index contributed by atoms with van der Waals surface area (Å²) in [6.07, 6.45) is 1.04. The van der Waals surface area contributed by atoms with E-state index in [0.717, 1.165) is 18.7 Å². The molecule has 1 aromatic rings. The number of rotatable bonds is 1. The molecule has 1 aromatic carbocycles. The largest absolute Gasteiger partial charge is 0.496 e. The second-order valence-electron chi connectivity index (χ2n) is 3.69. The van der Waals surface area contributed by atoms with Gasteiger partial charge in [0.05, 0.1) is 7.11 Å². The minimum absolute atomic E-state index is 0.533. The second-order valence-corrected chi connectivity index (χ2v) is 4.55. The highest BCUT2D eigenvalue weighted by Gasteiger charge is 2.19. The molecular formula is C11H14BrNO. The average molecular weight is 256 g/mol. The lowest BCUT2D eigenvalue weighted by Gasteiger charge is -2.25. The van der Waals surface area contributed by atoms with E-state index < -0.39 is 0 Å². The molecule has 0 radical (unpaired) electrons. The Morgan fingerprint density at radius 2 is 2.21 bits per heavy atom. The number of hydrogen-bond donors (Lipinski definition) is 1. The minimum Gasteiger partial charge on any atom is -0.496 e. The SMILES string of the molecule is COc1ccc(Br)c2c1CC(C)NC2. The molecule has 2 rings (SSSR count). The molecule has 0 saturated carbocycles. The van der Waals surface area contributed by atoms with Crippen molar-refractivity contribution < 1.29 is 4.74 Å². The molecule has 0 saturated heterocycles. The van der Waals surface area contributed by atoms with E-state index in [0.29, 0.717) is 6.04 Å². The van der Waals surface area contributed by atoms with Gasteiger partial charge in [0.15, 0.2) is 0 Å². The molecule has 3 heteroatoms. The molecule has 1 unspecified atom stereocenters. The van der Waals surface area contributed by atoms with E-state index in [-0.39, 0.29) is 0 Å². The smallest absolute Gasteiger partial charge is 0.122 e. The lowest BCUT2D eigenvalue weighted by Crippen LogP contribution is -2.33. The van der Waals surface area contributed by atoms with Crippen molar-refractivity contribution in [3.63, 3.8) is 0 Å². The van der Waals surface area contributed by atoms with Gasteiger partial charge in [0, 0.05) is 22.6 Å². The second kappa shape index (κ2) is 3.91. The standard InChI is InChI=1S/C11H14BrNO/c1-7-5-8-9(6-13-7)10(12)3-4-11(8)14-2/h3-4,7,13H,5-6H2,1-2H3. The van der Waals surface area contributed by atoms with Crippen molar-refractivity contribution in [3.8, 4) is 5.75 Å². The monoisotopic (exact) mass is 255 g/mol. The van der Waals surface area contributed by atoms with Gasteiger partial charge in [0.1, 0.15) is 5.75 Å². The lowest BCUT2D eigenvalue weighted by molar-refractivity contribution is 0.399. The van der Waals surface area contributed by atoms with E-state index in [4.69, 9.17) is 4.74 Å². The Labute approximate surface area is 92.8 Å². The summed E-state index contributed by atoms with van der Waals surface area (Å²) < 4.78 is 6.54. The Morgan fingerprint density at radius 1 is 1.43 bits per heavy atom. The summed E-state index contributed by atoms with van der Waals surface area (Å²) >= 11 is 3.57. The summed E-state index contributed by atoms with van der Waals surface area (Å²) in [5, 5.41) is 3.44. The number of halogens is 1. The first-order valence-electron chi connectivity index (χ1n) is 4.80. The fraction of sp³-hybridized carbons (Fsp3) is 0.455. The molecule has 0 bridgehead atoms. The van der Waals surface area contributed by atoms with Gasteiger partial charge in [-0.1, -0.05) is 15.9 Å². The molecule has 0 fully saturated rings. The zero-order valence-corrected chi connectivity index (χ0v) is 10.0. The zero-order chi connectivity index (χ0) is 10.1. The van der Waals surface area contributed by atoms with Crippen LogP contribution in [0.3, 0.4) is 0 Å². The molecule has 0 aliphatic carbocycles. The van der Waals surface area contributed by atoms with Crippen LogP contribution >= 0.6 is 15.9 Å². The van der Waals surface area contributed by atoms with Gasteiger partial charge in [-0.15, -0.1) is 0 Å².